The molecule has 0 aliphatic carbocycles. The number of carbonyl (C=O) groups excluding carboxylic acids is 1. The van der Waals surface area contributed by atoms with E-state index in [4.69, 9.17) is 16.3 Å². The summed E-state index contributed by atoms with van der Waals surface area (Å²) in [5, 5.41) is -0.380. The van der Waals surface area contributed by atoms with Gasteiger partial charge < -0.3 is 4.74 Å². The van der Waals surface area contributed by atoms with Gasteiger partial charge in [-0.1, -0.05) is 13.5 Å². The van der Waals surface area contributed by atoms with Gasteiger partial charge in [0.2, 0.25) is 5.24 Å². The largest absolute Gasteiger partial charge is 0.493 e. The van der Waals surface area contributed by atoms with Gasteiger partial charge in [-0.25, -0.2) is 0 Å². The van der Waals surface area contributed by atoms with E-state index in [1.807, 2.05) is 13.0 Å². The van der Waals surface area contributed by atoms with Crippen LogP contribution in [0.5, 0.6) is 0 Å². The maximum absolute atomic E-state index is 10.3. The zero-order chi connectivity index (χ0) is 9.40. The summed E-state index contributed by atoms with van der Waals surface area (Å²) in [5.41, 5.74) is 0. The molecule has 0 spiro atoms. The molecule has 0 aromatic carbocycles. The Bertz CT molecular complexity index is 185. The summed E-state index contributed by atoms with van der Waals surface area (Å²) in [5.74, 6) is 0.704. The van der Waals surface area contributed by atoms with Crippen LogP contribution in [0.25, 0.3) is 0 Å². The second-order valence-electron chi connectivity index (χ2n) is 2.17. The molecular formula is C9H13ClO2. The first-order valence-electron chi connectivity index (χ1n) is 3.84. The SMILES string of the molecule is C=C/C(=C\CC)OCCC(=O)Cl. The van der Waals surface area contributed by atoms with Gasteiger partial charge in [-0.15, -0.1) is 0 Å². The van der Waals surface area contributed by atoms with Gasteiger partial charge in [-0.2, -0.15) is 0 Å². The highest BCUT2D eigenvalue weighted by Gasteiger charge is 1.96. The molecule has 0 aliphatic rings. The van der Waals surface area contributed by atoms with E-state index in [0.29, 0.717) is 12.4 Å². The lowest BCUT2D eigenvalue weighted by molar-refractivity contribution is -0.112. The average Bonchev–Trinajstić information content (AvgIpc) is 2.02. The van der Waals surface area contributed by atoms with E-state index in [2.05, 4.69) is 6.58 Å². The first-order chi connectivity index (χ1) is 5.70. The fourth-order valence-electron chi connectivity index (χ4n) is 0.651. The van der Waals surface area contributed by atoms with Gasteiger partial charge in [0.25, 0.3) is 0 Å². The fourth-order valence-corrected chi connectivity index (χ4v) is 0.729. The van der Waals surface area contributed by atoms with Crippen LogP contribution in [0.4, 0.5) is 0 Å². The molecule has 0 aromatic heterocycles. The predicted molar refractivity (Wildman–Crippen MR) is 50.0 cm³/mol. The van der Waals surface area contributed by atoms with Crippen molar-refractivity contribution >= 4 is 16.8 Å². The van der Waals surface area contributed by atoms with E-state index in [0.717, 1.165) is 6.42 Å². The molecule has 0 rings (SSSR count). The van der Waals surface area contributed by atoms with Crippen LogP contribution in [-0.4, -0.2) is 11.8 Å². The molecule has 3 heteroatoms. The lowest BCUT2D eigenvalue weighted by Crippen LogP contribution is -1.97. The summed E-state index contributed by atoms with van der Waals surface area (Å²) >= 11 is 5.12. The summed E-state index contributed by atoms with van der Waals surface area (Å²) in [7, 11) is 0. The molecule has 0 N–H and O–H groups in total. The van der Waals surface area contributed by atoms with Crippen molar-refractivity contribution in [3.05, 3.63) is 24.5 Å². The van der Waals surface area contributed by atoms with E-state index in [-0.39, 0.29) is 11.7 Å². The molecule has 12 heavy (non-hydrogen) atoms. The number of hydrogen-bond acceptors (Lipinski definition) is 2. The van der Waals surface area contributed by atoms with Crippen molar-refractivity contribution in [3.8, 4) is 0 Å². The van der Waals surface area contributed by atoms with Gasteiger partial charge in [0, 0.05) is 0 Å². The molecule has 0 heterocycles. The van der Waals surface area contributed by atoms with E-state index in [1.54, 1.807) is 6.08 Å². The van der Waals surface area contributed by atoms with Crippen LogP contribution < -0.4 is 0 Å². The highest BCUT2D eigenvalue weighted by Crippen LogP contribution is 2.01. The molecule has 0 aromatic rings. The molecule has 0 fully saturated rings. The van der Waals surface area contributed by atoms with Gasteiger partial charge >= 0.3 is 0 Å². The van der Waals surface area contributed by atoms with Crippen molar-refractivity contribution in [2.24, 2.45) is 0 Å². The minimum Gasteiger partial charge on any atom is -0.493 e. The second kappa shape index (κ2) is 6.92. The normalized spacial score (nSPS) is 11.0. The van der Waals surface area contributed by atoms with Crippen molar-refractivity contribution in [3.63, 3.8) is 0 Å². The summed E-state index contributed by atoms with van der Waals surface area (Å²) in [6.07, 6.45) is 4.63. The smallest absolute Gasteiger partial charge is 0.225 e. The number of carbonyl (C=O) groups is 1. The fraction of sp³-hybridized carbons (Fsp3) is 0.444. The lowest BCUT2D eigenvalue weighted by atomic mass is 10.3. The average molecular weight is 189 g/mol. The van der Waals surface area contributed by atoms with Gasteiger partial charge in [-0.3, -0.25) is 4.79 Å². The van der Waals surface area contributed by atoms with Gasteiger partial charge in [-0.05, 0) is 30.2 Å². The molecule has 0 bridgehead atoms. The third-order valence-corrected chi connectivity index (χ3v) is 1.36. The number of halogens is 1. The molecule has 0 aliphatic heterocycles. The molecule has 0 saturated carbocycles. The maximum atomic E-state index is 10.3. The highest BCUT2D eigenvalue weighted by atomic mass is 35.5. The Morgan fingerprint density at radius 1 is 1.67 bits per heavy atom. The number of hydrogen-bond donors (Lipinski definition) is 0. The summed E-state index contributed by atoms with van der Waals surface area (Å²) in [6.45, 7) is 5.89. The van der Waals surface area contributed by atoms with E-state index in [1.165, 1.54) is 0 Å². The third-order valence-electron chi connectivity index (χ3n) is 1.17. The van der Waals surface area contributed by atoms with Gasteiger partial charge in [0.1, 0.15) is 5.76 Å². The Kier molecular flexibility index (Phi) is 6.48. The Labute approximate surface area is 77.9 Å². The number of rotatable bonds is 6. The van der Waals surface area contributed by atoms with Crippen LogP contribution in [0, 0.1) is 0 Å². The number of allylic oxidation sites excluding steroid dienone is 2. The third kappa shape index (κ3) is 5.98. The van der Waals surface area contributed by atoms with Crippen molar-refractivity contribution in [2.45, 2.75) is 19.8 Å². The van der Waals surface area contributed by atoms with Crippen LogP contribution >= 0.6 is 11.6 Å². The van der Waals surface area contributed by atoms with Crippen LogP contribution in [0.15, 0.2) is 24.5 Å². The molecule has 2 nitrogen and oxygen atoms in total. The first-order valence-corrected chi connectivity index (χ1v) is 4.22. The van der Waals surface area contributed by atoms with E-state index >= 15 is 0 Å². The van der Waals surface area contributed by atoms with Crippen molar-refractivity contribution in [2.75, 3.05) is 6.61 Å². The van der Waals surface area contributed by atoms with Crippen LogP contribution in [0.1, 0.15) is 19.8 Å². The van der Waals surface area contributed by atoms with E-state index in [9.17, 15) is 4.79 Å². The number of ether oxygens (including phenoxy) is 1. The maximum Gasteiger partial charge on any atom is 0.225 e. The van der Waals surface area contributed by atoms with Gasteiger partial charge in [0.15, 0.2) is 0 Å². The van der Waals surface area contributed by atoms with Crippen molar-refractivity contribution in [1.29, 1.82) is 0 Å². The minimum atomic E-state index is -0.380. The predicted octanol–water partition coefficient (Wildman–Crippen LogP) is 2.64. The molecule has 0 unspecified atom stereocenters. The Morgan fingerprint density at radius 2 is 2.33 bits per heavy atom. The van der Waals surface area contributed by atoms with Gasteiger partial charge in [0.05, 0.1) is 13.0 Å². The Hall–Kier alpha value is -0.760. The minimum absolute atomic E-state index is 0.233. The highest BCUT2D eigenvalue weighted by molar-refractivity contribution is 6.63. The molecule has 68 valence electrons. The summed E-state index contributed by atoms with van der Waals surface area (Å²) in [4.78, 5) is 10.3. The first kappa shape index (κ1) is 11.2. The Morgan fingerprint density at radius 3 is 2.75 bits per heavy atom. The molecule has 0 atom stereocenters. The molecular weight excluding hydrogens is 176 g/mol. The van der Waals surface area contributed by atoms with Crippen molar-refractivity contribution in [1.82, 2.24) is 0 Å². The van der Waals surface area contributed by atoms with Crippen LogP contribution in [0.2, 0.25) is 0 Å². The molecule has 0 amide bonds. The zero-order valence-corrected chi connectivity index (χ0v) is 7.93. The standard InChI is InChI=1S/C9H13ClO2/c1-3-5-8(4-2)12-7-6-9(10)11/h4-5H,2-3,6-7H2,1H3/b8-5+. The zero-order valence-electron chi connectivity index (χ0n) is 7.18. The molecule has 0 radical (unpaired) electrons. The monoisotopic (exact) mass is 188 g/mol. The topological polar surface area (TPSA) is 26.3 Å². The van der Waals surface area contributed by atoms with Crippen LogP contribution in [-0.2, 0) is 9.53 Å². The van der Waals surface area contributed by atoms with Crippen LogP contribution in [0.3, 0.4) is 0 Å². The molecule has 0 saturated heterocycles. The van der Waals surface area contributed by atoms with E-state index < -0.39 is 0 Å². The second-order valence-corrected chi connectivity index (χ2v) is 2.59. The lowest BCUT2D eigenvalue weighted by Gasteiger charge is -2.03. The Balaban J connectivity index is 3.66. The summed E-state index contributed by atoms with van der Waals surface area (Å²) in [6, 6.07) is 0. The quantitative estimate of drug-likeness (QED) is 0.364. The van der Waals surface area contributed by atoms with Crippen molar-refractivity contribution < 1.29 is 9.53 Å². The summed E-state index contributed by atoms with van der Waals surface area (Å²) < 4.78 is 5.18.